The highest BCUT2D eigenvalue weighted by Gasteiger charge is 2.21. The number of benzene rings is 1. The number of hydrogen-bond acceptors (Lipinski definition) is 2. The number of nitrogens with one attached hydrogen (secondary N) is 1. The molecule has 0 unspecified atom stereocenters. The fraction of sp³-hybridized carbons (Fsp3) is 0.368. The fourth-order valence-electron chi connectivity index (χ4n) is 3.06. The lowest BCUT2D eigenvalue weighted by Crippen LogP contribution is -2.35. The Balaban J connectivity index is 1.83. The van der Waals surface area contributed by atoms with Crippen LogP contribution in [0.25, 0.3) is 11.3 Å². The molecule has 0 radical (unpaired) electrons. The lowest BCUT2D eigenvalue weighted by atomic mass is 10.0. The zero-order valence-electron chi connectivity index (χ0n) is 13.4. The third-order valence-electron chi connectivity index (χ3n) is 4.53. The van der Waals surface area contributed by atoms with Crippen molar-refractivity contribution in [2.24, 2.45) is 5.92 Å². The third-order valence-corrected chi connectivity index (χ3v) is 4.53. The molecule has 2 aromatic rings. The summed E-state index contributed by atoms with van der Waals surface area (Å²) in [5, 5.41) is 0. The van der Waals surface area contributed by atoms with E-state index in [9.17, 15) is 9.59 Å². The predicted octanol–water partition coefficient (Wildman–Crippen LogP) is 3.30. The van der Waals surface area contributed by atoms with E-state index in [2.05, 4.69) is 11.9 Å². The van der Waals surface area contributed by atoms with E-state index in [-0.39, 0.29) is 17.0 Å². The van der Waals surface area contributed by atoms with Crippen LogP contribution in [0.5, 0.6) is 0 Å². The summed E-state index contributed by atoms with van der Waals surface area (Å²) >= 11 is 0. The van der Waals surface area contributed by atoms with Crippen LogP contribution in [0, 0.1) is 5.92 Å². The lowest BCUT2D eigenvalue weighted by Gasteiger charge is -2.20. The Hall–Kier alpha value is -2.36. The summed E-state index contributed by atoms with van der Waals surface area (Å²) < 4.78 is 0. The molecule has 1 N–H and O–H groups in total. The molecule has 1 atom stereocenters. The number of amides is 1. The number of aromatic nitrogens is 1. The monoisotopic (exact) mass is 310 g/mol. The molecule has 120 valence electrons. The second kappa shape index (κ2) is 6.82. The number of H-pyrrole nitrogens is 1. The van der Waals surface area contributed by atoms with E-state index in [0.29, 0.717) is 5.92 Å². The molecule has 0 aliphatic carbocycles. The molecule has 4 heteroatoms. The first-order chi connectivity index (χ1) is 11.1. The van der Waals surface area contributed by atoms with Crippen LogP contribution < -0.4 is 5.56 Å². The SMILES string of the molecule is C[C@H]1CCCN(C(=O)c2ccc(-c3ccccc3)[nH]c2=O)CC1. The zero-order valence-corrected chi connectivity index (χ0v) is 13.4. The maximum Gasteiger partial charge on any atom is 0.261 e. The summed E-state index contributed by atoms with van der Waals surface area (Å²) in [4.78, 5) is 29.6. The average Bonchev–Trinajstić information content (AvgIpc) is 2.79. The van der Waals surface area contributed by atoms with Gasteiger partial charge in [0.25, 0.3) is 11.5 Å². The molecule has 2 heterocycles. The molecule has 23 heavy (non-hydrogen) atoms. The van der Waals surface area contributed by atoms with Crippen molar-refractivity contribution in [3.63, 3.8) is 0 Å². The lowest BCUT2D eigenvalue weighted by molar-refractivity contribution is 0.0758. The molecule has 1 aliphatic heterocycles. The standard InChI is InChI=1S/C19H22N2O2/c1-14-6-5-12-21(13-11-14)19(23)16-9-10-17(20-18(16)22)15-7-3-2-4-8-15/h2-4,7-10,14H,5-6,11-13H2,1H3,(H,20,22)/t14-/m0/s1. The van der Waals surface area contributed by atoms with Crippen molar-refractivity contribution >= 4 is 5.91 Å². The van der Waals surface area contributed by atoms with E-state index in [0.717, 1.165) is 43.6 Å². The van der Waals surface area contributed by atoms with Gasteiger partial charge in [-0.15, -0.1) is 0 Å². The Labute approximate surface area is 136 Å². The number of hydrogen-bond donors (Lipinski definition) is 1. The minimum absolute atomic E-state index is 0.153. The first-order valence-corrected chi connectivity index (χ1v) is 8.23. The number of rotatable bonds is 2. The summed E-state index contributed by atoms with van der Waals surface area (Å²) in [5.41, 5.74) is 1.59. The highest BCUT2D eigenvalue weighted by atomic mass is 16.2. The van der Waals surface area contributed by atoms with Gasteiger partial charge in [-0.25, -0.2) is 0 Å². The van der Waals surface area contributed by atoms with Crippen molar-refractivity contribution < 1.29 is 4.79 Å². The minimum atomic E-state index is -0.311. The maximum absolute atomic E-state index is 12.6. The Kier molecular flexibility index (Phi) is 4.60. The topological polar surface area (TPSA) is 53.2 Å². The molecule has 3 rings (SSSR count). The van der Waals surface area contributed by atoms with E-state index in [1.807, 2.05) is 41.3 Å². The number of pyridine rings is 1. The van der Waals surface area contributed by atoms with E-state index in [1.165, 1.54) is 0 Å². The Morgan fingerprint density at radius 3 is 2.61 bits per heavy atom. The fourth-order valence-corrected chi connectivity index (χ4v) is 3.06. The Morgan fingerprint density at radius 2 is 1.87 bits per heavy atom. The van der Waals surface area contributed by atoms with E-state index >= 15 is 0 Å². The normalized spacial score (nSPS) is 18.5. The molecule has 4 nitrogen and oxygen atoms in total. The molecule has 1 saturated heterocycles. The largest absolute Gasteiger partial charge is 0.338 e. The number of carbonyl (C=O) groups is 1. The molecule has 1 amide bonds. The summed E-state index contributed by atoms with van der Waals surface area (Å²) in [5.74, 6) is 0.492. The number of aromatic amines is 1. The van der Waals surface area contributed by atoms with E-state index in [4.69, 9.17) is 0 Å². The van der Waals surface area contributed by atoms with Gasteiger partial charge in [-0.05, 0) is 42.9 Å². The van der Waals surface area contributed by atoms with Gasteiger partial charge in [-0.2, -0.15) is 0 Å². The van der Waals surface area contributed by atoms with Gasteiger partial charge in [0.15, 0.2) is 0 Å². The molecule has 1 aliphatic rings. The van der Waals surface area contributed by atoms with Gasteiger partial charge in [0.2, 0.25) is 0 Å². The minimum Gasteiger partial charge on any atom is -0.338 e. The highest BCUT2D eigenvalue weighted by Crippen LogP contribution is 2.18. The Morgan fingerprint density at radius 1 is 1.09 bits per heavy atom. The molecule has 0 bridgehead atoms. The predicted molar refractivity (Wildman–Crippen MR) is 91.4 cm³/mol. The molecular formula is C19H22N2O2. The quantitative estimate of drug-likeness (QED) is 0.925. The third kappa shape index (κ3) is 3.52. The molecule has 1 aromatic carbocycles. The number of nitrogens with zero attached hydrogens (tertiary/aromatic N) is 1. The van der Waals surface area contributed by atoms with Crippen LogP contribution in [0.15, 0.2) is 47.3 Å². The second-order valence-corrected chi connectivity index (χ2v) is 6.31. The molecule has 1 fully saturated rings. The van der Waals surface area contributed by atoms with E-state index < -0.39 is 0 Å². The Bertz CT molecular complexity index is 737. The van der Waals surface area contributed by atoms with Crippen LogP contribution in [0.1, 0.15) is 36.5 Å². The first-order valence-electron chi connectivity index (χ1n) is 8.23. The highest BCUT2D eigenvalue weighted by molar-refractivity contribution is 5.94. The summed E-state index contributed by atoms with van der Waals surface area (Å²) in [6.07, 6.45) is 3.16. The van der Waals surface area contributed by atoms with Crippen molar-refractivity contribution in [2.75, 3.05) is 13.1 Å². The van der Waals surface area contributed by atoms with Crippen LogP contribution in [0.4, 0.5) is 0 Å². The van der Waals surface area contributed by atoms with Gasteiger partial charge in [-0.1, -0.05) is 37.3 Å². The molecule has 0 spiro atoms. The van der Waals surface area contributed by atoms with Crippen LogP contribution in [0.3, 0.4) is 0 Å². The van der Waals surface area contributed by atoms with Crippen molar-refractivity contribution in [1.29, 1.82) is 0 Å². The van der Waals surface area contributed by atoms with Crippen molar-refractivity contribution in [3.05, 3.63) is 58.4 Å². The summed E-state index contributed by atoms with van der Waals surface area (Å²) in [6.45, 7) is 3.69. The zero-order chi connectivity index (χ0) is 16.2. The van der Waals surface area contributed by atoms with Crippen LogP contribution in [0.2, 0.25) is 0 Å². The van der Waals surface area contributed by atoms with Crippen LogP contribution >= 0.6 is 0 Å². The van der Waals surface area contributed by atoms with E-state index in [1.54, 1.807) is 6.07 Å². The van der Waals surface area contributed by atoms with Gasteiger partial charge in [0, 0.05) is 18.8 Å². The second-order valence-electron chi connectivity index (χ2n) is 6.31. The molecule has 1 aromatic heterocycles. The van der Waals surface area contributed by atoms with Crippen molar-refractivity contribution in [1.82, 2.24) is 9.88 Å². The van der Waals surface area contributed by atoms with Gasteiger partial charge in [0.1, 0.15) is 5.56 Å². The van der Waals surface area contributed by atoms with Crippen molar-refractivity contribution in [2.45, 2.75) is 26.2 Å². The maximum atomic E-state index is 12.6. The number of likely N-dealkylation sites (tertiary alicyclic amines) is 1. The first kappa shape index (κ1) is 15.5. The van der Waals surface area contributed by atoms with Gasteiger partial charge >= 0.3 is 0 Å². The average molecular weight is 310 g/mol. The summed E-state index contributed by atoms with van der Waals surface area (Å²) in [6, 6.07) is 13.1. The van der Waals surface area contributed by atoms with Crippen molar-refractivity contribution in [3.8, 4) is 11.3 Å². The number of carbonyl (C=O) groups excluding carboxylic acids is 1. The molecule has 0 saturated carbocycles. The summed E-state index contributed by atoms with van der Waals surface area (Å²) in [7, 11) is 0. The van der Waals surface area contributed by atoms with Gasteiger partial charge in [-0.3, -0.25) is 9.59 Å². The van der Waals surface area contributed by atoms with Crippen LogP contribution in [-0.2, 0) is 0 Å². The molecular weight excluding hydrogens is 288 g/mol. The smallest absolute Gasteiger partial charge is 0.261 e. The van der Waals surface area contributed by atoms with Gasteiger partial charge < -0.3 is 9.88 Å². The van der Waals surface area contributed by atoms with Gasteiger partial charge in [0.05, 0.1) is 0 Å². The van der Waals surface area contributed by atoms with Crippen LogP contribution in [-0.4, -0.2) is 28.9 Å².